The summed E-state index contributed by atoms with van der Waals surface area (Å²) in [6, 6.07) is 11.7. The second-order valence-corrected chi connectivity index (χ2v) is 12.1. The molecule has 0 aliphatic carbocycles. The number of piperidine rings is 1. The molecule has 10 heteroatoms. The van der Waals surface area contributed by atoms with E-state index in [1.807, 2.05) is 12.1 Å². The highest BCUT2D eigenvalue weighted by Gasteiger charge is 2.31. The first kappa shape index (κ1) is 26.7. The summed E-state index contributed by atoms with van der Waals surface area (Å²) in [6.45, 7) is 6.93. The van der Waals surface area contributed by atoms with Gasteiger partial charge in [-0.05, 0) is 54.2 Å². The van der Waals surface area contributed by atoms with Gasteiger partial charge in [0.2, 0.25) is 0 Å². The SMILES string of the molecule is CN(C)S(=O)(=O)N1CCCC(Nc2cc(NC(=O)c3ccc(C(C)(C)C)cc3)ccc2C(=O)O)C1. The first-order valence-corrected chi connectivity index (χ1v) is 12.9. The molecule has 1 saturated heterocycles. The lowest BCUT2D eigenvalue weighted by atomic mass is 9.87. The van der Waals surface area contributed by atoms with Crippen molar-refractivity contribution in [2.45, 2.75) is 45.1 Å². The number of amides is 1. The number of benzene rings is 2. The van der Waals surface area contributed by atoms with E-state index in [2.05, 4.69) is 31.4 Å². The fraction of sp³-hybridized carbons (Fsp3) is 0.440. The first-order valence-electron chi connectivity index (χ1n) is 11.5. The lowest BCUT2D eigenvalue weighted by Crippen LogP contribution is -2.49. The molecular formula is C25H34N4O5S. The van der Waals surface area contributed by atoms with Crippen LogP contribution in [0.1, 0.15) is 59.9 Å². The monoisotopic (exact) mass is 502 g/mol. The Morgan fingerprint density at radius 3 is 2.31 bits per heavy atom. The van der Waals surface area contributed by atoms with Gasteiger partial charge in [0.05, 0.1) is 11.3 Å². The third-order valence-electron chi connectivity index (χ3n) is 6.05. The molecule has 3 N–H and O–H groups in total. The molecule has 2 aromatic rings. The maximum Gasteiger partial charge on any atom is 0.337 e. The molecule has 1 unspecified atom stereocenters. The fourth-order valence-electron chi connectivity index (χ4n) is 3.97. The van der Waals surface area contributed by atoms with Crippen LogP contribution in [0.4, 0.5) is 11.4 Å². The van der Waals surface area contributed by atoms with Crippen LogP contribution in [-0.2, 0) is 15.6 Å². The highest BCUT2D eigenvalue weighted by atomic mass is 32.2. The van der Waals surface area contributed by atoms with Gasteiger partial charge >= 0.3 is 5.97 Å². The van der Waals surface area contributed by atoms with Gasteiger partial charge < -0.3 is 15.7 Å². The number of anilines is 2. The summed E-state index contributed by atoms with van der Waals surface area (Å²) in [5.41, 5.74) is 2.40. The Bertz CT molecular complexity index is 1190. The third kappa shape index (κ3) is 6.39. The van der Waals surface area contributed by atoms with Crippen LogP contribution in [0.25, 0.3) is 0 Å². The number of hydrogen-bond donors (Lipinski definition) is 3. The first-order chi connectivity index (χ1) is 16.3. The zero-order valence-corrected chi connectivity index (χ0v) is 21.6. The molecule has 1 amide bonds. The number of nitrogens with one attached hydrogen (secondary N) is 2. The van der Waals surface area contributed by atoms with E-state index in [1.54, 1.807) is 24.3 Å². The molecule has 1 heterocycles. The Kier molecular flexibility index (Phi) is 7.88. The molecular weight excluding hydrogens is 468 g/mol. The number of carboxylic acid groups (broad SMARTS) is 1. The highest BCUT2D eigenvalue weighted by Crippen LogP contribution is 2.26. The summed E-state index contributed by atoms with van der Waals surface area (Å²) in [5, 5.41) is 15.7. The van der Waals surface area contributed by atoms with Gasteiger partial charge in [0.1, 0.15) is 0 Å². The number of aromatic carboxylic acids is 1. The van der Waals surface area contributed by atoms with Crippen LogP contribution < -0.4 is 10.6 Å². The van der Waals surface area contributed by atoms with Crippen molar-refractivity contribution >= 4 is 33.5 Å². The van der Waals surface area contributed by atoms with E-state index in [9.17, 15) is 23.1 Å². The second-order valence-electron chi connectivity index (χ2n) is 9.98. The smallest absolute Gasteiger partial charge is 0.337 e. The number of carbonyl (C=O) groups excluding carboxylic acids is 1. The summed E-state index contributed by atoms with van der Waals surface area (Å²) in [4.78, 5) is 24.6. The normalized spacial score (nSPS) is 17.3. The maximum atomic E-state index is 12.8. The van der Waals surface area contributed by atoms with Crippen molar-refractivity contribution in [2.24, 2.45) is 0 Å². The minimum Gasteiger partial charge on any atom is -0.478 e. The van der Waals surface area contributed by atoms with Crippen molar-refractivity contribution in [1.82, 2.24) is 8.61 Å². The van der Waals surface area contributed by atoms with E-state index in [1.165, 1.54) is 28.8 Å². The number of nitrogens with zero attached hydrogens (tertiary/aromatic N) is 2. The molecule has 1 fully saturated rings. The summed E-state index contributed by atoms with van der Waals surface area (Å²) in [5.74, 6) is -1.42. The van der Waals surface area contributed by atoms with E-state index in [0.29, 0.717) is 36.3 Å². The molecule has 9 nitrogen and oxygen atoms in total. The summed E-state index contributed by atoms with van der Waals surface area (Å²) >= 11 is 0. The van der Waals surface area contributed by atoms with Gasteiger partial charge in [-0.15, -0.1) is 0 Å². The van der Waals surface area contributed by atoms with Crippen molar-refractivity contribution in [3.63, 3.8) is 0 Å². The molecule has 2 aromatic carbocycles. The molecule has 35 heavy (non-hydrogen) atoms. The minimum absolute atomic E-state index is 0.0250. The van der Waals surface area contributed by atoms with Gasteiger partial charge in [0.15, 0.2) is 0 Å². The van der Waals surface area contributed by atoms with Crippen molar-refractivity contribution in [2.75, 3.05) is 37.8 Å². The number of hydrogen-bond acceptors (Lipinski definition) is 5. The largest absolute Gasteiger partial charge is 0.478 e. The van der Waals surface area contributed by atoms with E-state index in [-0.39, 0.29) is 29.5 Å². The Balaban J connectivity index is 1.78. The lowest BCUT2D eigenvalue weighted by molar-refractivity contribution is 0.0697. The van der Waals surface area contributed by atoms with Crippen LogP contribution in [0, 0.1) is 0 Å². The Hall–Kier alpha value is -2.95. The van der Waals surface area contributed by atoms with Crippen LogP contribution in [0.2, 0.25) is 0 Å². The molecule has 190 valence electrons. The summed E-state index contributed by atoms with van der Waals surface area (Å²) in [7, 11) is -0.598. The molecule has 0 saturated carbocycles. The predicted molar refractivity (Wildman–Crippen MR) is 137 cm³/mol. The van der Waals surface area contributed by atoms with Crippen LogP contribution in [0.3, 0.4) is 0 Å². The van der Waals surface area contributed by atoms with Crippen LogP contribution >= 0.6 is 0 Å². The molecule has 0 aromatic heterocycles. The average Bonchev–Trinajstić information content (AvgIpc) is 2.78. The van der Waals surface area contributed by atoms with Crippen molar-refractivity contribution in [3.05, 3.63) is 59.2 Å². The van der Waals surface area contributed by atoms with Crippen LogP contribution in [-0.4, -0.2) is 67.2 Å². The topological polar surface area (TPSA) is 119 Å². The standard InChI is InChI=1S/C25H34N4O5S/c1-25(2,3)18-10-8-17(9-11-18)23(30)27-19-12-13-21(24(31)32)22(15-19)26-20-7-6-14-29(16-20)35(33,34)28(4)5/h8-13,15,20,26H,6-7,14,16H2,1-5H3,(H,27,30)(H,31,32). The maximum absolute atomic E-state index is 12.8. The van der Waals surface area contributed by atoms with Gasteiger partial charge in [0, 0.05) is 44.5 Å². The van der Waals surface area contributed by atoms with Gasteiger partial charge in [-0.1, -0.05) is 32.9 Å². The minimum atomic E-state index is -3.57. The lowest BCUT2D eigenvalue weighted by Gasteiger charge is -2.34. The van der Waals surface area contributed by atoms with Gasteiger partial charge in [-0.2, -0.15) is 17.0 Å². The van der Waals surface area contributed by atoms with E-state index in [4.69, 9.17) is 0 Å². The number of rotatable bonds is 7. The van der Waals surface area contributed by atoms with Gasteiger partial charge in [-0.3, -0.25) is 4.79 Å². The van der Waals surface area contributed by atoms with Crippen molar-refractivity contribution < 1.29 is 23.1 Å². The number of carbonyl (C=O) groups is 2. The Morgan fingerprint density at radius 1 is 1.09 bits per heavy atom. The van der Waals surface area contributed by atoms with E-state index >= 15 is 0 Å². The molecule has 1 atom stereocenters. The van der Waals surface area contributed by atoms with Gasteiger partial charge in [0.25, 0.3) is 16.1 Å². The molecule has 0 bridgehead atoms. The average molecular weight is 503 g/mol. The van der Waals surface area contributed by atoms with Crippen molar-refractivity contribution in [1.29, 1.82) is 0 Å². The Morgan fingerprint density at radius 2 is 1.74 bits per heavy atom. The fourth-order valence-corrected chi connectivity index (χ4v) is 5.16. The highest BCUT2D eigenvalue weighted by molar-refractivity contribution is 7.86. The molecule has 0 radical (unpaired) electrons. The van der Waals surface area contributed by atoms with Crippen LogP contribution in [0.5, 0.6) is 0 Å². The third-order valence-corrected chi connectivity index (χ3v) is 7.96. The Labute approximate surface area is 207 Å². The summed E-state index contributed by atoms with van der Waals surface area (Å²) in [6.07, 6.45) is 1.34. The number of carboxylic acids is 1. The molecule has 1 aliphatic heterocycles. The zero-order valence-electron chi connectivity index (χ0n) is 20.8. The predicted octanol–water partition coefficient (Wildman–Crippen LogP) is 3.62. The molecule has 1 aliphatic rings. The molecule has 0 spiro atoms. The van der Waals surface area contributed by atoms with E-state index in [0.717, 1.165) is 5.56 Å². The van der Waals surface area contributed by atoms with Crippen molar-refractivity contribution in [3.8, 4) is 0 Å². The van der Waals surface area contributed by atoms with Gasteiger partial charge in [-0.25, -0.2) is 4.79 Å². The zero-order chi connectivity index (χ0) is 26.0. The summed E-state index contributed by atoms with van der Waals surface area (Å²) < 4.78 is 27.6. The quantitative estimate of drug-likeness (QED) is 0.532. The molecule has 3 rings (SSSR count). The second kappa shape index (κ2) is 10.3. The van der Waals surface area contributed by atoms with Crippen LogP contribution in [0.15, 0.2) is 42.5 Å². The van der Waals surface area contributed by atoms with E-state index < -0.39 is 16.2 Å².